The molecule has 3 aromatic carbocycles. The number of phenols is 1. The molecule has 0 saturated carbocycles. The van der Waals surface area contributed by atoms with E-state index in [2.05, 4.69) is 4.99 Å². The van der Waals surface area contributed by atoms with E-state index in [-0.39, 0.29) is 17.1 Å². The molecule has 0 bridgehead atoms. The number of hydrogen-bond donors (Lipinski definition) is 1. The average Bonchev–Trinajstić information content (AvgIpc) is 2.82. The van der Waals surface area contributed by atoms with Gasteiger partial charge in [-0.2, -0.15) is 0 Å². The highest BCUT2D eigenvalue weighted by Gasteiger charge is 2.25. The van der Waals surface area contributed by atoms with Crippen molar-refractivity contribution in [3.05, 3.63) is 82.9 Å². The van der Waals surface area contributed by atoms with Gasteiger partial charge in [0.2, 0.25) is 5.78 Å². The number of Topliss-reactive ketones (excluding diaryl/α,β-unsaturated/α-hetero) is 1. The summed E-state index contributed by atoms with van der Waals surface area (Å²) in [4.78, 5) is 17.5. The van der Waals surface area contributed by atoms with Crippen LogP contribution in [0.1, 0.15) is 27.0 Å². The van der Waals surface area contributed by atoms with Gasteiger partial charge in [0, 0.05) is 12.1 Å². The number of hydrogen-bond acceptors (Lipinski definition) is 6. The fourth-order valence-corrected chi connectivity index (χ4v) is 3.55. The second-order valence-electron chi connectivity index (χ2n) is 7.12. The zero-order valence-corrected chi connectivity index (χ0v) is 17.4. The van der Waals surface area contributed by atoms with E-state index in [0.717, 1.165) is 16.9 Å². The number of para-hydroxylation sites is 1. The smallest absolute Gasteiger partial charge is 0.215 e. The Morgan fingerprint density at radius 1 is 1.00 bits per heavy atom. The standard InChI is InChI=1S/C25H23NO5/c1-29-18-9-7-16(8-10-18)15-31-23-13-17-11-12-26-24(20(17)14-22(23)30-2)25(28)19-5-3-4-6-21(19)27/h3-10,13-14,27H,11-12,15H2,1-2H3. The van der Waals surface area contributed by atoms with Gasteiger partial charge in [0.05, 0.1) is 19.8 Å². The number of phenolic OH excluding ortho intramolecular Hbond substituents is 1. The van der Waals surface area contributed by atoms with Crippen LogP contribution >= 0.6 is 0 Å². The lowest BCUT2D eigenvalue weighted by atomic mass is 9.92. The maximum absolute atomic E-state index is 13.1. The van der Waals surface area contributed by atoms with E-state index in [4.69, 9.17) is 14.2 Å². The predicted octanol–water partition coefficient (Wildman–Crippen LogP) is 4.22. The fraction of sp³-hybridized carbons (Fsp3) is 0.200. The Hall–Kier alpha value is -3.80. The fourth-order valence-electron chi connectivity index (χ4n) is 3.55. The summed E-state index contributed by atoms with van der Waals surface area (Å²) in [6.07, 6.45) is 0.690. The third-order valence-corrected chi connectivity index (χ3v) is 5.21. The van der Waals surface area contributed by atoms with Crippen molar-refractivity contribution in [3.8, 4) is 23.0 Å². The number of carbonyl (C=O) groups is 1. The molecule has 0 atom stereocenters. The van der Waals surface area contributed by atoms with Crippen molar-refractivity contribution < 1.29 is 24.1 Å². The van der Waals surface area contributed by atoms with Crippen molar-refractivity contribution in [2.75, 3.05) is 20.8 Å². The molecular formula is C25H23NO5. The minimum absolute atomic E-state index is 0.0614. The Labute approximate surface area is 180 Å². The van der Waals surface area contributed by atoms with Crippen molar-refractivity contribution in [3.63, 3.8) is 0 Å². The summed E-state index contributed by atoms with van der Waals surface area (Å²) in [5.74, 6) is 1.54. The van der Waals surface area contributed by atoms with E-state index in [1.807, 2.05) is 30.3 Å². The Balaban J connectivity index is 1.61. The molecule has 1 aliphatic rings. The van der Waals surface area contributed by atoms with E-state index in [0.29, 0.717) is 42.3 Å². The quantitative estimate of drug-likeness (QED) is 0.583. The summed E-state index contributed by atoms with van der Waals surface area (Å²) < 4.78 is 16.7. The van der Waals surface area contributed by atoms with E-state index in [9.17, 15) is 9.90 Å². The molecule has 0 aromatic heterocycles. The minimum atomic E-state index is -0.312. The van der Waals surface area contributed by atoms with Crippen LogP contribution in [0.15, 0.2) is 65.7 Å². The van der Waals surface area contributed by atoms with E-state index < -0.39 is 0 Å². The largest absolute Gasteiger partial charge is 0.507 e. The summed E-state index contributed by atoms with van der Waals surface area (Å²) in [7, 11) is 3.19. The number of nitrogens with zero attached hydrogens (tertiary/aromatic N) is 1. The third-order valence-electron chi connectivity index (χ3n) is 5.21. The summed E-state index contributed by atoms with van der Waals surface area (Å²) in [6, 6.07) is 17.8. The Kier molecular flexibility index (Phi) is 5.89. The van der Waals surface area contributed by atoms with Crippen molar-refractivity contribution in [1.29, 1.82) is 0 Å². The predicted molar refractivity (Wildman–Crippen MR) is 118 cm³/mol. The first-order valence-electron chi connectivity index (χ1n) is 9.95. The molecule has 0 saturated heterocycles. The monoisotopic (exact) mass is 417 g/mol. The molecule has 1 N–H and O–H groups in total. The highest BCUT2D eigenvalue weighted by molar-refractivity contribution is 6.52. The molecular weight excluding hydrogens is 394 g/mol. The number of benzene rings is 3. The lowest BCUT2D eigenvalue weighted by Crippen LogP contribution is -2.22. The number of methoxy groups -OCH3 is 2. The maximum Gasteiger partial charge on any atom is 0.215 e. The van der Waals surface area contributed by atoms with Gasteiger partial charge in [-0.3, -0.25) is 9.79 Å². The van der Waals surface area contributed by atoms with Gasteiger partial charge in [-0.1, -0.05) is 24.3 Å². The molecule has 4 rings (SSSR count). The SMILES string of the molecule is COc1ccc(COc2cc3c(cc2OC)C(C(=O)c2ccccc2O)=NCC3)cc1. The highest BCUT2D eigenvalue weighted by atomic mass is 16.5. The van der Waals surface area contributed by atoms with Crippen LogP contribution in [0, 0.1) is 0 Å². The van der Waals surface area contributed by atoms with Crippen LogP contribution < -0.4 is 14.2 Å². The number of aliphatic imine (C=N–C) groups is 1. The van der Waals surface area contributed by atoms with Crippen LogP contribution in [0.2, 0.25) is 0 Å². The zero-order valence-electron chi connectivity index (χ0n) is 17.4. The zero-order chi connectivity index (χ0) is 21.8. The molecule has 0 radical (unpaired) electrons. The Bertz CT molecular complexity index is 1140. The van der Waals surface area contributed by atoms with Gasteiger partial charge < -0.3 is 19.3 Å². The van der Waals surface area contributed by atoms with Gasteiger partial charge >= 0.3 is 0 Å². The van der Waals surface area contributed by atoms with E-state index in [1.165, 1.54) is 6.07 Å². The average molecular weight is 417 g/mol. The number of fused-ring (bicyclic) bond motifs is 1. The van der Waals surface area contributed by atoms with E-state index >= 15 is 0 Å². The van der Waals surface area contributed by atoms with Crippen molar-refractivity contribution in [1.82, 2.24) is 0 Å². The normalized spacial score (nSPS) is 12.5. The van der Waals surface area contributed by atoms with Crippen molar-refractivity contribution in [2.24, 2.45) is 4.99 Å². The number of rotatable bonds is 7. The highest BCUT2D eigenvalue weighted by Crippen LogP contribution is 2.34. The second kappa shape index (κ2) is 8.92. The molecule has 6 heteroatoms. The molecule has 158 valence electrons. The second-order valence-corrected chi connectivity index (χ2v) is 7.12. The molecule has 0 amide bonds. The van der Waals surface area contributed by atoms with Gasteiger partial charge in [0.25, 0.3) is 0 Å². The number of carbonyl (C=O) groups excluding carboxylic acids is 1. The van der Waals surface area contributed by atoms with Crippen molar-refractivity contribution in [2.45, 2.75) is 13.0 Å². The lowest BCUT2D eigenvalue weighted by Gasteiger charge is -2.20. The minimum Gasteiger partial charge on any atom is -0.507 e. The van der Waals surface area contributed by atoms with Crippen LogP contribution in [0.5, 0.6) is 23.0 Å². The molecule has 1 heterocycles. The van der Waals surface area contributed by atoms with Crippen LogP contribution in [-0.4, -0.2) is 37.4 Å². The first-order valence-corrected chi connectivity index (χ1v) is 9.95. The van der Waals surface area contributed by atoms with Crippen LogP contribution in [0.25, 0.3) is 0 Å². The Morgan fingerprint density at radius 2 is 1.77 bits per heavy atom. The Morgan fingerprint density at radius 3 is 2.48 bits per heavy atom. The van der Waals surface area contributed by atoms with Gasteiger partial charge in [-0.25, -0.2) is 0 Å². The molecule has 0 unspecified atom stereocenters. The van der Waals surface area contributed by atoms with Crippen LogP contribution in [-0.2, 0) is 13.0 Å². The van der Waals surface area contributed by atoms with Crippen LogP contribution in [0.4, 0.5) is 0 Å². The van der Waals surface area contributed by atoms with Gasteiger partial charge in [0.15, 0.2) is 11.5 Å². The van der Waals surface area contributed by atoms with Gasteiger partial charge in [-0.15, -0.1) is 0 Å². The summed E-state index contributed by atoms with van der Waals surface area (Å²) in [6.45, 7) is 0.864. The number of aromatic hydroxyl groups is 1. The molecule has 0 aliphatic carbocycles. The third kappa shape index (κ3) is 4.23. The molecule has 1 aliphatic heterocycles. The van der Waals surface area contributed by atoms with E-state index in [1.54, 1.807) is 38.5 Å². The summed E-state index contributed by atoms with van der Waals surface area (Å²) in [5, 5.41) is 10.1. The molecule has 6 nitrogen and oxygen atoms in total. The van der Waals surface area contributed by atoms with Crippen molar-refractivity contribution >= 4 is 11.5 Å². The van der Waals surface area contributed by atoms with Gasteiger partial charge in [-0.05, 0) is 53.9 Å². The number of ether oxygens (including phenoxy) is 3. The van der Waals surface area contributed by atoms with Crippen LogP contribution in [0.3, 0.4) is 0 Å². The molecule has 0 spiro atoms. The molecule has 31 heavy (non-hydrogen) atoms. The maximum atomic E-state index is 13.1. The lowest BCUT2D eigenvalue weighted by molar-refractivity contribution is 0.106. The topological polar surface area (TPSA) is 77.4 Å². The molecule has 3 aromatic rings. The first-order chi connectivity index (χ1) is 15.1. The summed E-state index contributed by atoms with van der Waals surface area (Å²) in [5.41, 5.74) is 3.21. The first kappa shape index (κ1) is 20.5. The number of ketones is 1. The van der Waals surface area contributed by atoms with Gasteiger partial charge in [0.1, 0.15) is 23.8 Å². The summed E-state index contributed by atoms with van der Waals surface area (Å²) >= 11 is 0. The molecule has 0 fully saturated rings.